The molecule has 0 bridgehead atoms. The predicted octanol–water partition coefficient (Wildman–Crippen LogP) is 5.03. The van der Waals surface area contributed by atoms with Gasteiger partial charge in [-0.05, 0) is 23.1 Å². The summed E-state index contributed by atoms with van der Waals surface area (Å²) in [6.45, 7) is 4.21. The van der Waals surface area contributed by atoms with Crippen molar-refractivity contribution in [2.45, 2.75) is 19.8 Å². The number of nitrogens with zero attached hydrogens (tertiary/aromatic N) is 1. The lowest BCUT2D eigenvalue weighted by molar-refractivity contribution is -0.112. The third kappa shape index (κ3) is 5.02. The average Bonchev–Trinajstić information content (AvgIpc) is 2.67. The van der Waals surface area contributed by atoms with Crippen LogP contribution in [-0.2, 0) is 4.79 Å². The number of hydrogen-bond donors (Lipinski definition) is 1. The van der Waals surface area contributed by atoms with Gasteiger partial charge in [0.05, 0.1) is 24.9 Å². The molecular weight excluding hydrogens is 364 g/mol. The van der Waals surface area contributed by atoms with Crippen molar-refractivity contribution in [1.29, 1.82) is 5.26 Å². The van der Waals surface area contributed by atoms with Crippen molar-refractivity contribution in [1.82, 2.24) is 0 Å². The van der Waals surface area contributed by atoms with Crippen LogP contribution in [0.4, 0.5) is 5.69 Å². The van der Waals surface area contributed by atoms with Gasteiger partial charge in [0.15, 0.2) is 0 Å². The molecule has 5 nitrogen and oxygen atoms in total. The van der Waals surface area contributed by atoms with Gasteiger partial charge in [-0.15, -0.1) is 0 Å². The number of hydrogen-bond acceptors (Lipinski definition) is 4. The maximum absolute atomic E-state index is 12.5. The number of halogens is 1. The van der Waals surface area contributed by atoms with Crippen LogP contribution in [-0.4, -0.2) is 20.1 Å². The summed E-state index contributed by atoms with van der Waals surface area (Å²) in [5, 5.41) is 12.4. The first kappa shape index (κ1) is 20.3. The summed E-state index contributed by atoms with van der Waals surface area (Å²) in [4.78, 5) is 12.5. The van der Waals surface area contributed by atoms with E-state index in [0.717, 1.165) is 5.56 Å². The highest BCUT2D eigenvalue weighted by Gasteiger charge is 2.15. The minimum absolute atomic E-state index is 0.0248. The normalized spacial score (nSPS) is 11.1. The summed E-state index contributed by atoms with van der Waals surface area (Å²) in [6.07, 6.45) is 1.54. The maximum atomic E-state index is 12.5. The van der Waals surface area contributed by atoms with Gasteiger partial charge in [-0.3, -0.25) is 4.79 Å². The Bertz CT molecular complexity index is 897. The van der Waals surface area contributed by atoms with Crippen LogP contribution in [0.15, 0.2) is 42.0 Å². The zero-order valence-corrected chi connectivity index (χ0v) is 16.4. The molecule has 0 spiro atoms. The van der Waals surface area contributed by atoms with Crippen LogP contribution in [0.5, 0.6) is 11.5 Å². The van der Waals surface area contributed by atoms with E-state index in [0.29, 0.717) is 28.1 Å². The molecule has 0 radical (unpaired) electrons. The Balaban J connectivity index is 2.28. The van der Waals surface area contributed by atoms with Crippen LogP contribution in [0.25, 0.3) is 6.08 Å². The molecule has 0 atom stereocenters. The molecule has 0 saturated carbocycles. The van der Waals surface area contributed by atoms with Crippen molar-refractivity contribution in [3.63, 3.8) is 0 Å². The van der Waals surface area contributed by atoms with Crippen molar-refractivity contribution < 1.29 is 14.3 Å². The van der Waals surface area contributed by atoms with E-state index in [9.17, 15) is 10.1 Å². The molecule has 2 aromatic carbocycles. The molecule has 6 heteroatoms. The number of ether oxygens (including phenoxy) is 2. The van der Waals surface area contributed by atoms with E-state index in [1.54, 1.807) is 12.1 Å². The highest BCUT2D eigenvalue weighted by Crippen LogP contribution is 2.36. The maximum Gasteiger partial charge on any atom is 0.266 e. The smallest absolute Gasteiger partial charge is 0.266 e. The van der Waals surface area contributed by atoms with Gasteiger partial charge in [0.2, 0.25) is 0 Å². The molecule has 0 heterocycles. The van der Waals surface area contributed by atoms with Gasteiger partial charge in [-0.1, -0.05) is 49.7 Å². The van der Waals surface area contributed by atoms with Gasteiger partial charge in [-0.2, -0.15) is 5.26 Å². The minimum atomic E-state index is -0.548. The molecule has 0 aliphatic carbocycles. The molecular formula is C21H21ClN2O3. The topological polar surface area (TPSA) is 71.3 Å². The van der Waals surface area contributed by atoms with Gasteiger partial charge in [0.1, 0.15) is 23.1 Å². The molecule has 0 aliphatic heterocycles. The largest absolute Gasteiger partial charge is 0.495 e. The van der Waals surface area contributed by atoms with Crippen LogP contribution in [0.3, 0.4) is 0 Å². The summed E-state index contributed by atoms with van der Waals surface area (Å²) in [6, 6.07) is 12.7. The molecule has 0 fully saturated rings. The second-order valence-corrected chi connectivity index (χ2v) is 6.54. The van der Waals surface area contributed by atoms with Gasteiger partial charge in [-0.25, -0.2) is 0 Å². The fraction of sp³-hybridized carbons (Fsp3) is 0.238. The Kier molecular flexibility index (Phi) is 6.86. The number of carbonyl (C=O) groups is 1. The summed E-state index contributed by atoms with van der Waals surface area (Å²) in [5.74, 6) is 0.620. The first-order valence-electron chi connectivity index (χ1n) is 8.34. The number of nitrogens with one attached hydrogen (secondary N) is 1. The van der Waals surface area contributed by atoms with Crippen molar-refractivity contribution in [2.75, 3.05) is 19.5 Å². The van der Waals surface area contributed by atoms with Crippen molar-refractivity contribution in [3.8, 4) is 17.6 Å². The molecule has 1 amide bonds. The van der Waals surface area contributed by atoms with Crippen LogP contribution in [0.1, 0.15) is 30.9 Å². The molecule has 27 heavy (non-hydrogen) atoms. The number of anilines is 1. The number of rotatable bonds is 6. The zero-order valence-electron chi connectivity index (χ0n) is 15.7. The van der Waals surface area contributed by atoms with E-state index >= 15 is 0 Å². The quantitative estimate of drug-likeness (QED) is 0.560. The summed E-state index contributed by atoms with van der Waals surface area (Å²) in [7, 11) is 2.94. The Morgan fingerprint density at radius 3 is 2.30 bits per heavy atom. The Morgan fingerprint density at radius 1 is 1.15 bits per heavy atom. The van der Waals surface area contributed by atoms with E-state index < -0.39 is 5.91 Å². The van der Waals surface area contributed by atoms with E-state index in [1.807, 2.05) is 30.3 Å². The number of amides is 1. The number of carbonyl (C=O) groups excluding carboxylic acids is 1. The van der Waals surface area contributed by atoms with E-state index in [2.05, 4.69) is 19.2 Å². The molecule has 0 aliphatic rings. The molecule has 2 aromatic rings. The SMILES string of the molecule is COc1cc(NC(=O)/C(C#N)=C/c2ccc(C(C)C)cc2)c(OC)cc1Cl. The first-order valence-corrected chi connectivity index (χ1v) is 8.72. The summed E-state index contributed by atoms with van der Waals surface area (Å²) >= 11 is 6.07. The van der Waals surface area contributed by atoms with Crippen LogP contribution in [0.2, 0.25) is 5.02 Å². The summed E-state index contributed by atoms with van der Waals surface area (Å²) in [5.41, 5.74) is 2.29. The third-order valence-electron chi connectivity index (χ3n) is 4.00. The van der Waals surface area contributed by atoms with Crippen LogP contribution < -0.4 is 14.8 Å². The molecule has 2 rings (SSSR count). The average molecular weight is 385 g/mol. The number of benzene rings is 2. The minimum Gasteiger partial charge on any atom is -0.495 e. The second kappa shape index (κ2) is 9.11. The monoisotopic (exact) mass is 384 g/mol. The fourth-order valence-corrected chi connectivity index (χ4v) is 2.67. The lowest BCUT2D eigenvalue weighted by Crippen LogP contribution is -2.14. The number of methoxy groups -OCH3 is 2. The fourth-order valence-electron chi connectivity index (χ4n) is 2.44. The van der Waals surface area contributed by atoms with E-state index in [-0.39, 0.29) is 5.57 Å². The highest BCUT2D eigenvalue weighted by atomic mass is 35.5. The van der Waals surface area contributed by atoms with Gasteiger partial charge >= 0.3 is 0 Å². The van der Waals surface area contributed by atoms with Crippen LogP contribution in [0, 0.1) is 11.3 Å². The molecule has 0 unspecified atom stereocenters. The Hall–Kier alpha value is -2.97. The van der Waals surface area contributed by atoms with E-state index in [1.165, 1.54) is 25.8 Å². The van der Waals surface area contributed by atoms with Crippen molar-refractivity contribution in [3.05, 3.63) is 58.1 Å². The van der Waals surface area contributed by atoms with Gasteiger partial charge < -0.3 is 14.8 Å². The molecule has 1 N–H and O–H groups in total. The standard InChI is InChI=1S/C21H21ClN2O3/c1-13(2)15-7-5-14(6-8-15)9-16(12-23)21(25)24-18-11-19(26-3)17(22)10-20(18)27-4/h5-11,13H,1-4H3,(H,24,25)/b16-9+. The highest BCUT2D eigenvalue weighted by molar-refractivity contribution is 6.32. The third-order valence-corrected chi connectivity index (χ3v) is 4.30. The zero-order chi connectivity index (χ0) is 20.0. The van der Waals surface area contributed by atoms with E-state index in [4.69, 9.17) is 21.1 Å². The second-order valence-electron chi connectivity index (χ2n) is 6.13. The van der Waals surface area contributed by atoms with Gasteiger partial charge in [0.25, 0.3) is 5.91 Å². The van der Waals surface area contributed by atoms with Crippen molar-refractivity contribution >= 4 is 29.3 Å². The molecule has 140 valence electrons. The number of nitriles is 1. The lowest BCUT2D eigenvalue weighted by atomic mass is 10.0. The van der Waals surface area contributed by atoms with Gasteiger partial charge in [0, 0.05) is 12.1 Å². The summed E-state index contributed by atoms with van der Waals surface area (Å²) < 4.78 is 10.4. The Labute approximate surface area is 164 Å². The predicted molar refractivity (Wildman–Crippen MR) is 107 cm³/mol. The Morgan fingerprint density at radius 2 is 1.78 bits per heavy atom. The lowest BCUT2D eigenvalue weighted by Gasteiger charge is -2.13. The first-order chi connectivity index (χ1) is 12.9. The molecule has 0 saturated heterocycles. The van der Waals surface area contributed by atoms with Crippen LogP contribution >= 0.6 is 11.6 Å². The van der Waals surface area contributed by atoms with Crippen molar-refractivity contribution in [2.24, 2.45) is 0 Å². The molecule has 0 aromatic heterocycles.